The molecule has 196 valence electrons. The van der Waals surface area contributed by atoms with Crippen molar-refractivity contribution in [3.8, 4) is 28.8 Å². The molecule has 3 aromatic heterocycles. The standard InChI is InChI=1S/C29H27N7O3/c1-16(2)35-23-14-32-29(37)36-21-9-17(12-30)5-6-18(21)10-22(36)25(23)26-27(33-15-34-28(26)35)31-13-19-7-8-20(38-3)11-24(19)39-4/h5-11,15-16H,13-14H2,1-4H3,(H,32,37)(H,31,33,34). The Bertz CT molecular complexity index is 1810. The third-order valence-electron chi connectivity index (χ3n) is 7.14. The molecule has 0 bridgehead atoms. The van der Waals surface area contributed by atoms with Crippen LogP contribution in [0.3, 0.4) is 0 Å². The zero-order valence-electron chi connectivity index (χ0n) is 22.1. The highest BCUT2D eigenvalue weighted by molar-refractivity contribution is 6.08. The van der Waals surface area contributed by atoms with Gasteiger partial charge in [0, 0.05) is 40.9 Å². The first kappa shape index (κ1) is 24.3. The molecule has 2 N–H and O–H groups in total. The minimum Gasteiger partial charge on any atom is -0.497 e. The lowest BCUT2D eigenvalue weighted by atomic mass is 10.1. The molecule has 1 aliphatic heterocycles. The highest BCUT2D eigenvalue weighted by atomic mass is 16.5. The summed E-state index contributed by atoms with van der Waals surface area (Å²) in [5.41, 5.74) is 5.44. The van der Waals surface area contributed by atoms with Gasteiger partial charge in [0.05, 0.1) is 49.0 Å². The van der Waals surface area contributed by atoms with Gasteiger partial charge in [0.25, 0.3) is 0 Å². The normalized spacial score (nSPS) is 12.6. The molecule has 0 radical (unpaired) electrons. The van der Waals surface area contributed by atoms with E-state index in [1.165, 1.54) is 0 Å². The van der Waals surface area contributed by atoms with Gasteiger partial charge in [-0.25, -0.2) is 14.8 Å². The summed E-state index contributed by atoms with van der Waals surface area (Å²) in [5, 5.41) is 17.7. The van der Waals surface area contributed by atoms with Crippen molar-refractivity contribution in [2.75, 3.05) is 19.5 Å². The van der Waals surface area contributed by atoms with Crippen molar-refractivity contribution in [1.29, 1.82) is 5.26 Å². The minimum atomic E-state index is -0.246. The summed E-state index contributed by atoms with van der Waals surface area (Å²) in [7, 11) is 3.25. The molecular weight excluding hydrogens is 494 g/mol. The third-order valence-corrected chi connectivity index (χ3v) is 7.14. The summed E-state index contributed by atoms with van der Waals surface area (Å²) in [6.45, 7) is 4.97. The number of anilines is 1. The van der Waals surface area contributed by atoms with Gasteiger partial charge < -0.3 is 24.7 Å². The number of amides is 1. The predicted molar refractivity (Wildman–Crippen MR) is 148 cm³/mol. The number of aromatic nitrogens is 4. The number of nitrogens with zero attached hydrogens (tertiary/aromatic N) is 5. The number of benzene rings is 2. The molecule has 2 aromatic carbocycles. The highest BCUT2D eigenvalue weighted by Crippen LogP contribution is 2.42. The Morgan fingerprint density at radius 1 is 1.13 bits per heavy atom. The van der Waals surface area contributed by atoms with Crippen LogP contribution in [0.1, 0.15) is 36.7 Å². The van der Waals surface area contributed by atoms with Crippen molar-refractivity contribution < 1.29 is 14.3 Å². The number of fused-ring (bicyclic) bond motifs is 7. The zero-order chi connectivity index (χ0) is 27.3. The predicted octanol–water partition coefficient (Wildman–Crippen LogP) is 5.21. The van der Waals surface area contributed by atoms with Gasteiger partial charge in [-0.3, -0.25) is 4.57 Å². The first-order chi connectivity index (χ1) is 18.9. The van der Waals surface area contributed by atoms with E-state index in [-0.39, 0.29) is 12.1 Å². The molecule has 5 aromatic rings. The molecule has 10 heteroatoms. The SMILES string of the molecule is COc1ccc(CNc2ncnc3c2c2c(n3C(C)C)CNC(=O)n3c-2cc2ccc(C#N)cc23)c(OC)c1. The minimum absolute atomic E-state index is 0.0821. The number of methoxy groups -OCH3 is 2. The monoisotopic (exact) mass is 521 g/mol. The van der Waals surface area contributed by atoms with Crippen molar-refractivity contribution in [1.82, 2.24) is 24.4 Å². The van der Waals surface area contributed by atoms with Gasteiger partial charge in [-0.1, -0.05) is 6.07 Å². The van der Waals surface area contributed by atoms with Crippen molar-refractivity contribution in [2.45, 2.75) is 33.0 Å². The van der Waals surface area contributed by atoms with Crippen molar-refractivity contribution >= 4 is 33.8 Å². The second kappa shape index (κ2) is 9.36. The first-order valence-electron chi connectivity index (χ1n) is 12.6. The lowest BCUT2D eigenvalue weighted by Crippen LogP contribution is -2.27. The molecule has 39 heavy (non-hydrogen) atoms. The maximum atomic E-state index is 13.4. The van der Waals surface area contributed by atoms with Gasteiger partial charge in [-0.15, -0.1) is 0 Å². The van der Waals surface area contributed by atoms with E-state index in [0.29, 0.717) is 41.5 Å². The van der Waals surface area contributed by atoms with Crippen molar-refractivity contribution in [2.24, 2.45) is 0 Å². The number of carbonyl (C=O) groups is 1. The topological polar surface area (TPSA) is 119 Å². The molecule has 4 heterocycles. The first-order valence-corrected chi connectivity index (χ1v) is 12.6. The van der Waals surface area contributed by atoms with Crippen LogP contribution in [0.5, 0.6) is 11.5 Å². The summed E-state index contributed by atoms with van der Waals surface area (Å²) in [5.74, 6) is 2.07. The van der Waals surface area contributed by atoms with Crippen LogP contribution >= 0.6 is 0 Å². The Hall–Kier alpha value is -5.04. The lowest BCUT2D eigenvalue weighted by molar-refractivity contribution is 0.243. The van der Waals surface area contributed by atoms with E-state index in [2.05, 4.69) is 45.1 Å². The molecule has 1 amide bonds. The van der Waals surface area contributed by atoms with Crippen LogP contribution in [-0.2, 0) is 13.1 Å². The number of ether oxygens (including phenoxy) is 2. The molecule has 10 nitrogen and oxygen atoms in total. The van der Waals surface area contributed by atoms with E-state index < -0.39 is 0 Å². The van der Waals surface area contributed by atoms with Gasteiger partial charge in [0.1, 0.15) is 29.3 Å². The van der Waals surface area contributed by atoms with Crippen LogP contribution < -0.4 is 20.1 Å². The van der Waals surface area contributed by atoms with Crippen LogP contribution in [0.25, 0.3) is 33.2 Å². The Labute approximate surface area is 224 Å². The van der Waals surface area contributed by atoms with E-state index in [1.54, 1.807) is 37.2 Å². The van der Waals surface area contributed by atoms with Crippen LogP contribution in [0.15, 0.2) is 48.8 Å². The Morgan fingerprint density at radius 2 is 1.97 bits per heavy atom. The molecule has 0 spiro atoms. The zero-order valence-corrected chi connectivity index (χ0v) is 22.1. The van der Waals surface area contributed by atoms with Crippen molar-refractivity contribution in [3.63, 3.8) is 0 Å². The number of rotatable bonds is 6. The Kier molecular flexibility index (Phi) is 5.84. The Balaban J connectivity index is 1.57. The highest BCUT2D eigenvalue weighted by Gasteiger charge is 2.31. The number of nitrogens with one attached hydrogen (secondary N) is 2. The van der Waals surface area contributed by atoms with Crippen LogP contribution in [0, 0.1) is 11.3 Å². The molecule has 0 atom stereocenters. The molecule has 0 fully saturated rings. The molecule has 6 rings (SSSR count). The molecule has 0 saturated heterocycles. The maximum absolute atomic E-state index is 13.4. The Morgan fingerprint density at radius 3 is 2.72 bits per heavy atom. The molecule has 1 aliphatic rings. The molecular formula is C29H27N7O3. The summed E-state index contributed by atoms with van der Waals surface area (Å²) >= 11 is 0. The van der Waals surface area contributed by atoms with Crippen LogP contribution in [0.4, 0.5) is 10.6 Å². The fraction of sp³-hybridized carbons (Fsp3) is 0.241. The van der Waals surface area contributed by atoms with Gasteiger partial charge >= 0.3 is 6.03 Å². The van der Waals surface area contributed by atoms with E-state index >= 15 is 0 Å². The van der Waals surface area contributed by atoms with Gasteiger partial charge in [-0.2, -0.15) is 5.26 Å². The number of carbonyl (C=O) groups excluding carboxylic acids is 1. The van der Waals surface area contributed by atoms with Crippen molar-refractivity contribution in [3.05, 3.63) is 65.6 Å². The third kappa shape index (κ3) is 3.82. The average Bonchev–Trinajstić information content (AvgIpc) is 3.45. The second-order valence-corrected chi connectivity index (χ2v) is 9.65. The van der Waals surface area contributed by atoms with Crippen LogP contribution in [-0.4, -0.2) is 39.4 Å². The van der Waals surface area contributed by atoms with E-state index in [4.69, 9.17) is 9.47 Å². The number of hydrogen-bond acceptors (Lipinski definition) is 7. The smallest absolute Gasteiger partial charge is 0.326 e. The molecule has 0 aliphatic carbocycles. The van der Waals surface area contributed by atoms with Gasteiger partial charge in [-0.05, 0) is 44.2 Å². The van der Waals surface area contributed by atoms with E-state index in [9.17, 15) is 10.1 Å². The number of hydrogen-bond donors (Lipinski definition) is 2. The quantitative estimate of drug-likeness (QED) is 0.315. The maximum Gasteiger partial charge on any atom is 0.326 e. The lowest BCUT2D eigenvalue weighted by Gasteiger charge is -2.14. The summed E-state index contributed by atoms with van der Waals surface area (Å²) < 4.78 is 14.7. The van der Waals surface area contributed by atoms with E-state index in [1.807, 2.05) is 30.3 Å². The summed E-state index contributed by atoms with van der Waals surface area (Å²) in [6, 6.07) is 15.1. The van der Waals surface area contributed by atoms with Gasteiger partial charge in [0.15, 0.2) is 0 Å². The largest absolute Gasteiger partial charge is 0.497 e. The summed E-state index contributed by atoms with van der Waals surface area (Å²) in [6.07, 6.45) is 1.56. The molecule has 0 unspecified atom stereocenters. The van der Waals surface area contributed by atoms with Gasteiger partial charge in [0.2, 0.25) is 0 Å². The number of nitriles is 1. The average molecular weight is 522 g/mol. The van der Waals surface area contributed by atoms with Crippen LogP contribution in [0.2, 0.25) is 0 Å². The van der Waals surface area contributed by atoms with E-state index in [0.717, 1.165) is 38.9 Å². The molecule has 0 saturated carbocycles. The summed E-state index contributed by atoms with van der Waals surface area (Å²) in [4.78, 5) is 22.7. The fourth-order valence-corrected chi connectivity index (χ4v) is 5.41. The fourth-order valence-electron chi connectivity index (χ4n) is 5.41. The second-order valence-electron chi connectivity index (χ2n) is 9.65.